The molecule has 0 atom stereocenters. The van der Waals surface area contributed by atoms with Crippen molar-refractivity contribution in [2.75, 3.05) is 14.8 Å². The molecule has 0 aliphatic heterocycles. The molecule has 1 amide bonds. The highest BCUT2D eigenvalue weighted by molar-refractivity contribution is 7.93. The molecule has 0 saturated carbocycles. The van der Waals surface area contributed by atoms with Gasteiger partial charge in [-0.15, -0.1) is 0 Å². The summed E-state index contributed by atoms with van der Waals surface area (Å²) in [5.41, 5.74) is 2.67. The number of rotatable bonds is 8. The number of hydrogen-bond acceptors (Lipinski definition) is 6. The van der Waals surface area contributed by atoms with E-state index in [0.29, 0.717) is 22.6 Å². The largest absolute Gasteiger partial charge is 0.322 e. The van der Waals surface area contributed by atoms with Gasteiger partial charge in [-0.05, 0) is 80.1 Å². The Kier molecular flexibility index (Phi) is 7.28. The number of nitrogens with zero attached hydrogens (tertiary/aromatic N) is 1. The monoisotopic (exact) mass is 536 g/mol. The zero-order valence-electron chi connectivity index (χ0n) is 20.0. The Morgan fingerprint density at radius 1 is 0.730 bits per heavy atom. The van der Waals surface area contributed by atoms with Gasteiger partial charge in [0.05, 0.1) is 21.7 Å². The van der Waals surface area contributed by atoms with Crippen molar-refractivity contribution in [2.45, 2.75) is 23.6 Å². The maximum absolute atomic E-state index is 13.0. The molecule has 0 saturated heterocycles. The van der Waals surface area contributed by atoms with Crippen LogP contribution in [-0.2, 0) is 20.0 Å². The molecule has 3 aromatic carbocycles. The highest BCUT2D eigenvalue weighted by Gasteiger charge is 2.20. The molecule has 0 spiro atoms. The summed E-state index contributed by atoms with van der Waals surface area (Å²) in [7, 11) is -7.78. The van der Waals surface area contributed by atoms with E-state index in [1.807, 2.05) is 6.92 Å². The SMILES string of the molecule is Cc1ccc(NS(=O)(=O)c2cc(C(=O)Nc3ccc(S(=O)(=O)Nc4cccnc4)cc3)ccc2C)cc1. The minimum Gasteiger partial charge on any atom is -0.322 e. The summed E-state index contributed by atoms with van der Waals surface area (Å²) < 4.78 is 56.1. The number of carbonyl (C=O) groups excluding carboxylic acids is 1. The van der Waals surface area contributed by atoms with Crippen LogP contribution in [0.15, 0.2) is 101 Å². The van der Waals surface area contributed by atoms with Crippen LogP contribution in [0.25, 0.3) is 0 Å². The molecule has 1 heterocycles. The second-order valence-electron chi connectivity index (χ2n) is 8.28. The van der Waals surface area contributed by atoms with Crippen LogP contribution >= 0.6 is 0 Å². The number of pyridine rings is 1. The average Bonchev–Trinajstić information content (AvgIpc) is 2.86. The van der Waals surface area contributed by atoms with Crippen LogP contribution in [0.5, 0.6) is 0 Å². The van der Waals surface area contributed by atoms with Crippen LogP contribution in [0.2, 0.25) is 0 Å². The van der Waals surface area contributed by atoms with Crippen molar-refractivity contribution in [1.29, 1.82) is 0 Å². The molecule has 0 bridgehead atoms. The van der Waals surface area contributed by atoms with Crippen molar-refractivity contribution in [3.8, 4) is 0 Å². The normalized spacial score (nSPS) is 11.5. The molecule has 0 radical (unpaired) electrons. The number of aromatic nitrogens is 1. The van der Waals surface area contributed by atoms with E-state index in [4.69, 9.17) is 0 Å². The first-order valence-electron chi connectivity index (χ1n) is 11.1. The molecule has 4 aromatic rings. The van der Waals surface area contributed by atoms with Crippen LogP contribution < -0.4 is 14.8 Å². The third-order valence-electron chi connectivity index (χ3n) is 5.38. The topological polar surface area (TPSA) is 134 Å². The van der Waals surface area contributed by atoms with E-state index in [0.717, 1.165) is 5.56 Å². The van der Waals surface area contributed by atoms with Gasteiger partial charge in [0, 0.05) is 23.1 Å². The Hall–Kier alpha value is -4.22. The quantitative estimate of drug-likeness (QED) is 0.302. The van der Waals surface area contributed by atoms with E-state index in [1.54, 1.807) is 49.4 Å². The fourth-order valence-corrected chi connectivity index (χ4v) is 5.79. The van der Waals surface area contributed by atoms with Crippen molar-refractivity contribution >= 4 is 43.0 Å². The number of carbonyl (C=O) groups is 1. The van der Waals surface area contributed by atoms with Gasteiger partial charge in [0.2, 0.25) is 0 Å². The lowest BCUT2D eigenvalue weighted by Crippen LogP contribution is -2.17. The van der Waals surface area contributed by atoms with Crippen LogP contribution in [0, 0.1) is 13.8 Å². The molecule has 0 aliphatic carbocycles. The fourth-order valence-electron chi connectivity index (χ4n) is 3.42. The average molecular weight is 537 g/mol. The molecule has 9 nitrogen and oxygen atoms in total. The van der Waals surface area contributed by atoms with Crippen LogP contribution in [0.4, 0.5) is 17.1 Å². The lowest BCUT2D eigenvalue weighted by molar-refractivity contribution is 0.102. The molecule has 1 aromatic heterocycles. The first-order valence-corrected chi connectivity index (χ1v) is 14.0. The van der Waals surface area contributed by atoms with Crippen LogP contribution in [-0.4, -0.2) is 27.7 Å². The Balaban J connectivity index is 1.49. The zero-order chi connectivity index (χ0) is 26.6. The highest BCUT2D eigenvalue weighted by atomic mass is 32.2. The molecular weight excluding hydrogens is 512 g/mol. The number of benzene rings is 3. The van der Waals surface area contributed by atoms with E-state index in [9.17, 15) is 21.6 Å². The Morgan fingerprint density at radius 2 is 1.38 bits per heavy atom. The summed E-state index contributed by atoms with van der Waals surface area (Å²) in [6, 6.07) is 20.1. The fraction of sp³-hybridized carbons (Fsp3) is 0.0769. The third kappa shape index (κ3) is 6.32. The Bertz CT molecular complexity index is 1640. The molecule has 4 rings (SSSR count). The van der Waals surface area contributed by atoms with E-state index in [-0.39, 0.29) is 15.4 Å². The molecule has 37 heavy (non-hydrogen) atoms. The highest BCUT2D eigenvalue weighted by Crippen LogP contribution is 2.23. The van der Waals surface area contributed by atoms with Gasteiger partial charge in [0.1, 0.15) is 0 Å². The van der Waals surface area contributed by atoms with Crippen molar-refractivity contribution in [3.05, 3.63) is 108 Å². The molecular formula is C26H24N4O5S2. The van der Waals surface area contributed by atoms with E-state index < -0.39 is 26.0 Å². The summed E-state index contributed by atoms with van der Waals surface area (Å²) in [4.78, 5) is 16.7. The van der Waals surface area contributed by atoms with Gasteiger partial charge in [-0.3, -0.25) is 19.2 Å². The maximum Gasteiger partial charge on any atom is 0.262 e. The first kappa shape index (κ1) is 25.9. The number of hydrogen-bond donors (Lipinski definition) is 3. The van der Waals surface area contributed by atoms with Crippen molar-refractivity contribution < 1.29 is 21.6 Å². The van der Waals surface area contributed by atoms with Crippen molar-refractivity contribution in [2.24, 2.45) is 0 Å². The lowest BCUT2D eigenvalue weighted by Gasteiger charge is -2.13. The second-order valence-corrected chi connectivity index (χ2v) is 11.6. The minimum atomic E-state index is -3.94. The summed E-state index contributed by atoms with van der Waals surface area (Å²) in [5, 5.41) is 2.66. The Morgan fingerprint density at radius 3 is 2.03 bits per heavy atom. The van der Waals surface area contributed by atoms with Gasteiger partial charge >= 0.3 is 0 Å². The van der Waals surface area contributed by atoms with Gasteiger partial charge in [-0.1, -0.05) is 23.8 Å². The summed E-state index contributed by atoms with van der Waals surface area (Å²) in [6.45, 7) is 3.54. The summed E-state index contributed by atoms with van der Waals surface area (Å²) in [6.07, 6.45) is 2.92. The van der Waals surface area contributed by atoms with Gasteiger partial charge < -0.3 is 5.32 Å². The van der Waals surface area contributed by atoms with E-state index in [1.165, 1.54) is 48.8 Å². The summed E-state index contributed by atoms with van der Waals surface area (Å²) >= 11 is 0. The van der Waals surface area contributed by atoms with E-state index in [2.05, 4.69) is 19.7 Å². The predicted octanol–water partition coefficient (Wildman–Crippen LogP) is 4.55. The molecule has 11 heteroatoms. The number of nitrogens with one attached hydrogen (secondary N) is 3. The second kappa shape index (κ2) is 10.4. The van der Waals surface area contributed by atoms with Crippen LogP contribution in [0.1, 0.15) is 21.5 Å². The Labute approximate surface area is 215 Å². The van der Waals surface area contributed by atoms with Gasteiger partial charge in [0.15, 0.2) is 0 Å². The zero-order valence-corrected chi connectivity index (χ0v) is 21.6. The van der Waals surface area contributed by atoms with Gasteiger partial charge in [0.25, 0.3) is 26.0 Å². The van der Waals surface area contributed by atoms with Gasteiger partial charge in [-0.25, -0.2) is 16.8 Å². The lowest BCUT2D eigenvalue weighted by atomic mass is 10.1. The molecule has 3 N–H and O–H groups in total. The van der Waals surface area contributed by atoms with Crippen LogP contribution in [0.3, 0.4) is 0 Å². The van der Waals surface area contributed by atoms with Crippen molar-refractivity contribution in [1.82, 2.24) is 4.98 Å². The van der Waals surface area contributed by atoms with Crippen molar-refractivity contribution in [3.63, 3.8) is 0 Å². The molecule has 0 fully saturated rings. The van der Waals surface area contributed by atoms with E-state index >= 15 is 0 Å². The first-order chi connectivity index (χ1) is 17.5. The van der Waals surface area contributed by atoms with Gasteiger partial charge in [-0.2, -0.15) is 0 Å². The number of sulfonamides is 2. The minimum absolute atomic E-state index is 0.000229. The number of anilines is 3. The summed E-state index contributed by atoms with van der Waals surface area (Å²) in [5.74, 6) is -0.545. The molecule has 0 unspecified atom stereocenters. The maximum atomic E-state index is 13.0. The molecule has 0 aliphatic rings. The molecule has 190 valence electrons. The predicted molar refractivity (Wildman–Crippen MR) is 143 cm³/mol. The third-order valence-corrected chi connectivity index (χ3v) is 8.30. The number of aryl methyl sites for hydroxylation is 2. The smallest absolute Gasteiger partial charge is 0.262 e. The number of amides is 1. The standard InChI is InChI=1S/C26H24N4O5S2/c1-18-5-9-22(10-6-18)29-37(34,35)25-16-20(8-7-19(25)2)26(31)28-21-11-13-24(14-12-21)36(32,33)30-23-4-3-15-27-17-23/h3-17,29-30H,1-2H3,(H,28,31).